The number of aromatic nitrogens is 2. The number of ether oxygens (including phenoxy) is 1. The molecular weight excluding hydrogens is 324 g/mol. The van der Waals surface area contributed by atoms with Crippen molar-refractivity contribution in [1.29, 1.82) is 0 Å². The van der Waals surface area contributed by atoms with Gasteiger partial charge in [-0.2, -0.15) is 5.10 Å². The Hall–Kier alpha value is -2.38. The lowest BCUT2D eigenvalue weighted by Crippen LogP contribution is -2.42. The van der Waals surface area contributed by atoms with E-state index in [1.54, 1.807) is 25.8 Å². The molecule has 0 aromatic carbocycles. The van der Waals surface area contributed by atoms with Crippen LogP contribution in [0, 0.1) is 12.8 Å². The number of rotatable bonds is 4. The van der Waals surface area contributed by atoms with Crippen LogP contribution in [0.15, 0.2) is 0 Å². The second-order valence-corrected chi connectivity index (χ2v) is 7.22. The van der Waals surface area contributed by atoms with Crippen LogP contribution < -0.4 is 5.32 Å². The van der Waals surface area contributed by atoms with E-state index in [1.165, 1.54) is 4.68 Å². The number of likely N-dealkylation sites (tertiary alicyclic amines) is 1. The van der Waals surface area contributed by atoms with Crippen molar-refractivity contribution in [2.24, 2.45) is 13.0 Å². The maximum absolute atomic E-state index is 12.6. The number of carbonyl (C=O) groups is 3. The van der Waals surface area contributed by atoms with Gasteiger partial charge in [-0.3, -0.25) is 14.3 Å². The summed E-state index contributed by atoms with van der Waals surface area (Å²) in [6.45, 7) is 9.81. The summed E-state index contributed by atoms with van der Waals surface area (Å²) in [5, 5.41) is 6.94. The van der Waals surface area contributed by atoms with Gasteiger partial charge in [0.1, 0.15) is 11.4 Å². The van der Waals surface area contributed by atoms with E-state index < -0.39 is 11.9 Å². The van der Waals surface area contributed by atoms with Gasteiger partial charge in [0, 0.05) is 25.6 Å². The van der Waals surface area contributed by atoms with Crippen molar-refractivity contribution in [3.63, 3.8) is 0 Å². The number of esters is 1. The molecule has 1 aliphatic rings. The number of hydrogen-bond acceptors (Lipinski definition) is 5. The third-order valence-corrected chi connectivity index (χ3v) is 4.25. The molecule has 1 saturated heterocycles. The van der Waals surface area contributed by atoms with E-state index in [2.05, 4.69) is 10.4 Å². The Bertz CT molecular complexity index is 702. The minimum absolute atomic E-state index is 0.0422. The van der Waals surface area contributed by atoms with Crippen LogP contribution in [0.5, 0.6) is 0 Å². The second kappa shape index (κ2) is 6.85. The van der Waals surface area contributed by atoms with E-state index in [4.69, 9.17) is 4.74 Å². The lowest BCUT2D eigenvalue weighted by Gasteiger charge is -2.31. The molecule has 1 aromatic heterocycles. The van der Waals surface area contributed by atoms with Gasteiger partial charge >= 0.3 is 5.97 Å². The van der Waals surface area contributed by atoms with Crippen molar-refractivity contribution in [3.8, 4) is 0 Å². The number of nitrogens with one attached hydrogen (secondary N) is 1. The van der Waals surface area contributed by atoms with Gasteiger partial charge in [-0.05, 0) is 34.6 Å². The first-order chi connectivity index (χ1) is 11.6. The highest BCUT2D eigenvalue weighted by Crippen LogP contribution is 2.27. The van der Waals surface area contributed by atoms with Crippen LogP contribution in [0.3, 0.4) is 0 Å². The molecule has 25 heavy (non-hydrogen) atoms. The quantitative estimate of drug-likeness (QED) is 0.831. The first-order valence-corrected chi connectivity index (χ1v) is 8.38. The molecule has 138 valence electrons. The Morgan fingerprint density at radius 1 is 1.36 bits per heavy atom. The summed E-state index contributed by atoms with van der Waals surface area (Å²) in [5.41, 5.74) is 0.399. The summed E-state index contributed by atoms with van der Waals surface area (Å²) in [6, 6.07) is 0. The lowest BCUT2D eigenvalue weighted by atomic mass is 10.1. The van der Waals surface area contributed by atoms with E-state index in [0.717, 1.165) is 0 Å². The molecule has 8 nitrogen and oxygen atoms in total. The maximum Gasteiger partial charge on any atom is 0.343 e. The first kappa shape index (κ1) is 19.0. The molecule has 1 aromatic rings. The Labute approximate surface area is 147 Å². The minimum Gasteiger partial charge on any atom is -0.462 e. The van der Waals surface area contributed by atoms with Crippen LogP contribution in [0.2, 0.25) is 0 Å². The van der Waals surface area contributed by atoms with E-state index in [-0.39, 0.29) is 35.9 Å². The molecule has 2 amide bonds. The van der Waals surface area contributed by atoms with Gasteiger partial charge in [0.25, 0.3) is 0 Å². The van der Waals surface area contributed by atoms with Crippen LogP contribution >= 0.6 is 0 Å². The molecule has 2 rings (SSSR count). The molecule has 0 saturated carbocycles. The van der Waals surface area contributed by atoms with Crippen LogP contribution in [0.4, 0.5) is 5.82 Å². The molecule has 8 heteroatoms. The predicted molar refractivity (Wildman–Crippen MR) is 92.1 cm³/mol. The normalized spacial score (nSPS) is 17.8. The minimum atomic E-state index is -0.526. The number of amides is 2. The molecule has 1 unspecified atom stereocenters. The van der Waals surface area contributed by atoms with E-state index in [9.17, 15) is 14.4 Å². The summed E-state index contributed by atoms with van der Waals surface area (Å²) in [4.78, 5) is 38.7. The first-order valence-electron chi connectivity index (χ1n) is 8.38. The average Bonchev–Trinajstić information content (AvgIpc) is 3.00. The molecule has 1 N–H and O–H groups in total. The fourth-order valence-corrected chi connectivity index (χ4v) is 3.00. The van der Waals surface area contributed by atoms with Crippen molar-refractivity contribution >= 4 is 23.6 Å². The van der Waals surface area contributed by atoms with Gasteiger partial charge in [0.2, 0.25) is 11.8 Å². The summed E-state index contributed by atoms with van der Waals surface area (Å²) in [7, 11) is 1.65. The van der Waals surface area contributed by atoms with Gasteiger partial charge < -0.3 is 15.0 Å². The number of aryl methyl sites for hydroxylation is 2. The summed E-state index contributed by atoms with van der Waals surface area (Å²) < 4.78 is 6.48. The zero-order valence-corrected chi connectivity index (χ0v) is 15.7. The third kappa shape index (κ3) is 3.83. The van der Waals surface area contributed by atoms with Crippen molar-refractivity contribution in [2.45, 2.75) is 46.6 Å². The largest absolute Gasteiger partial charge is 0.462 e. The number of nitrogens with zero attached hydrogens (tertiary/aromatic N) is 3. The molecule has 0 aliphatic carbocycles. The molecule has 1 atom stereocenters. The Kier molecular flexibility index (Phi) is 5.20. The number of anilines is 1. The van der Waals surface area contributed by atoms with Gasteiger partial charge in [0.05, 0.1) is 18.2 Å². The van der Waals surface area contributed by atoms with Gasteiger partial charge in [-0.25, -0.2) is 4.79 Å². The maximum atomic E-state index is 12.6. The summed E-state index contributed by atoms with van der Waals surface area (Å²) in [6.07, 6.45) is 0.161. The number of hydrogen-bond donors (Lipinski definition) is 1. The van der Waals surface area contributed by atoms with Crippen LogP contribution in [0.1, 0.15) is 50.2 Å². The molecule has 1 fully saturated rings. The van der Waals surface area contributed by atoms with E-state index in [0.29, 0.717) is 18.1 Å². The van der Waals surface area contributed by atoms with Crippen LogP contribution in [-0.2, 0) is 21.4 Å². The Morgan fingerprint density at radius 2 is 2.00 bits per heavy atom. The fraction of sp³-hybridized carbons (Fsp3) is 0.647. The van der Waals surface area contributed by atoms with E-state index >= 15 is 0 Å². The van der Waals surface area contributed by atoms with Crippen LogP contribution in [0.25, 0.3) is 0 Å². The summed E-state index contributed by atoms with van der Waals surface area (Å²) >= 11 is 0. The molecule has 0 spiro atoms. The Balaban J connectivity index is 2.19. The smallest absolute Gasteiger partial charge is 0.343 e. The SMILES string of the molecule is CCOC(=O)c1c(C)nn(C)c1NC(=O)C1CC(=O)N(C(C)(C)C)C1. The van der Waals surface area contributed by atoms with Crippen molar-refractivity contribution in [2.75, 3.05) is 18.5 Å². The molecule has 0 radical (unpaired) electrons. The van der Waals surface area contributed by atoms with Gasteiger partial charge in [-0.15, -0.1) is 0 Å². The Morgan fingerprint density at radius 3 is 2.52 bits per heavy atom. The topological polar surface area (TPSA) is 93.5 Å². The lowest BCUT2D eigenvalue weighted by molar-refractivity contribution is -0.131. The molecular formula is C17H26N4O4. The number of carbonyl (C=O) groups excluding carboxylic acids is 3. The van der Waals surface area contributed by atoms with Gasteiger partial charge in [0.15, 0.2) is 0 Å². The second-order valence-electron chi connectivity index (χ2n) is 7.22. The van der Waals surface area contributed by atoms with Crippen LogP contribution in [-0.4, -0.2) is 51.2 Å². The molecule has 0 bridgehead atoms. The monoisotopic (exact) mass is 350 g/mol. The van der Waals surface area contributed by atoms with Crippen molar-refractivity contribution in [3.05, 3.63) is 11.3 Å². The molecule has 2 heterocycles. The van der Waals surface area contributed by atoms with Crippen molar-refractivity contribution in [1.82, 2.24) is 14.7 Å². The zero-order valence-electron chi connectivity index (χ0n) is 15.7. The third-order valence-electron chi connectivity index (χ3n) is 4.25. The highest BCUT2D eigenvalue weighted by molar-refractivity contribution is 6.03. The molecule has 1 aliphatic heterocycles. The standard InChI is InChI=1S/C17H26N4O4/c1-7-25-16(24)13-10(2)19-20(6)14(13)18-15(23)11-8-12(22)21(9-11)17(3,4)5/h11H,7-9H2,1-6H3,(H,18,23). The van der Waals surface area contributed by atoms with E-state index in [1.807, 2.05) is 20.8 Å². The van der Waals surface area contributed by atoms with Gasteiger partial charge in [-0.1, -0.05) is 0 Å². The highest BCUT2D eigenvalue weighted by Gasteiger charge is 2.40. The van der Waals surface area contributed by atoms with Crippen molar-refractivity contribution < 1.29 is 19.1 Å². The predicted octanol–water partition coefficient (Wildman–Crippen LogP) is 1.49. The highest BCUT2D eigenvalue weighted by atomic mass is 16.5. The average molecular weight is 350 g/mol. The fourth-order valence-electron chi connectivity index (χ4n) is 3.00. The summed E-state index contributed by atoms with van der Waals surface area (Å²) in [5.74, 6) is -1.03. The zero-order chi connectivity index (χ0) is 18.9.